The lowest BCUT2D eigenvalue weighted by Crippen LogP contribution is -2.13. The van der Waals surface area contributed by atoms with Gasteiger partial charge in [-0.1, -0.05) is 68.7 Å². The maximum absolute atomic E-state index is 15.1. The van der Waals surface area contributed by atoms with Crippen molar-refractivity contribution in [2.45, 2.75) is 64.2 Å². The Labute approximate surface area is 193 Å². The smallest absolute Gasteiger partial charge is 0.194 e. The summed E-state index contributed by atoms with van der Waals surface area (Å²) >= 11 is 0. The van der Waals surface area contributed by atoms with Gasteiger partial charge in [0.1, 0.15) is 5.82 Å². The Morgan fingerprint density at radius 2 is 1.52 bits per heavy atom. The van der Waals surface area contributed by atoms with E-state index in [0.717, 1.165) is 23.4 Å². The van der Waals surface area contributed by atoms with E-state index in [1.807, 2.05) is 12.1 Å². The lowest BCUT2D eigenvalue weighted by molar-refractivity contribution is 0.303. The molecule has 1 fully saturated rings. The van der Waals surface area contributed by atoms with Gasteiger partial charge in [-0.3, -0.25) is 0 Å². The summed E-state index contributed by atoms with van der Waals surface area (Å²) in [7, 11) is 0. The molecule has 1 aliphatic carbocycles. The summed E-state index contributed by atoms with van der Waals surface area (Å²) in [6.45, 7) is 2.24. The van der Waals surface area contributed by atoms with Gasteiger partial charge in [0.15, 0.2) is 17.5 Å². The molecule has 1 aliphatic rings. The van der Waals surface area contributed by atoms with Crippen LogP contribution < -0.4 is 0 Å². The van der Waals surface area contributed by atoms with Crippen LogP contribution in [-0.2, 0) is 0 Å². The summed E-state index contributed by atoms with van der Waals surface area (Å²) in [5, 5.41) is 1.29. The lowest BCUT2D eigenvalue weighted by atomic mass is 9.77. The van der Waals surface area contributed by atoms with Crippen molar-refractivity contribution in [3.63, 3.8) is 0 Å². The molecule has 1 saturated carbocycles. The van der Waals surface area contributed by atoms with Crippen LogP contribution >= 0.6 is 0 Å². The highest BCUT2D eigenvalue weighted by molar-refractivity contribution is 5.85. The van der Waals surface area contributed by atoms with Crippen LogP contribution in [0, 0.1) is 41.0 Å². The third-order valence-electron chi connectivity index (χ3n) is 6.84. The Bertz CT molecular complexity index is 1170. The molecule has 33 heavy (non-hydrogen) atoms. The van der Waals surface area contributed by atoms with Crippen LogP contribution in [0.1, 0.15) is 80.9 Å². The third kappa shape index (κ3) is 5.41. The predicted octanol–water partition coefficient (Wildman–Crippen LogP) is 8.65. The van der Waals surface area contributed by atoms with E-state index < -0.39 is 23.3 Å². The van der Waals surface area contributed by atoms with Crippen molar-refractivity contribution in [1.29, 1.82) is 0 Å². The summed E-state index contributed by atoms with van der Waals surface area (Å²) in [5.74, 6) is 1.86. The van der Waals surface area contributed by atoms with Crippen LogP contribution in [0.25, 0.3) is 10.8 Å². The maximum Gasteiger partial charge on any atom is 0.194 e. The molecular weight excluding hydrogens is 424 g/mol. The minimum Gasteiger partial charge on any atom is -0.205 e. The van der Waals surface area contributed by atoms with Gasteiger partial charge in [-0.25, -0.2) is 17.6 Å². The normalized spacial score (nSPS) is 18.2. The van der Waals surface area contributed by atoms with E-state index in [1.54, 1.807) is 12.1 Å². The zero-order valence-corrected chi connectivity index (χ0v) is 18.9. The predicted molar refractivity (Wildman–Crippen MR) is 125 cm³/mol. The molecule has 0 aliphatic heterocycles. The number of hydrogen-bond donors (Lipinski definition) is 0. The van der Waals surface area contributed by atoms with Crippen LogP contribution in [0.3, 0.4) is 0 Å². The molecule has 0 amide bonds. The molecule has 0 saturated heterocycles. The van der Waals surface area contributed by atoms with Gasteiger partial charge in [0.05, 0.1) is 5.56 Å². The van der Waals surface area contributed by atoms with Crippen LogP contribution in [0.15, 0.2) is 42.5 Å². The van der Waals surface area contributed by atoms with Gasteiger partial charge in [0, 0.05) is 10.9 Å². The molecule has 0 aromatic heterocycles. The molecule has 0 heterocycles. The quantitative estimate of drug-likeness (QED) is 0.157. The fourth-order valence-corrected chi connectivity index (χ4v) is 4.90. The van der Waals surface area contributed by atoms with E-state index in [9.17, 15) is 13.2 Å². The van der Waals surface area contributed by atoms with Gasteiger partial charge in [-0.2, -0.15) is 0 Å². The van der Waals surface area contributed by atoms with E-state index in [-0.39, 0.29) is 11.1 Å². The second-order valence-corrected chi connectivity index (χ2v) is 9.12. The van der Waals surface area contributed by atoms with Crippen molar-refractivity contribution in [3.8, 4) is 11.8 Å². The summed E-state index contributed by atoms with van der Waals surface area (Å²) < 4.78 is 54.9. The van der Waals surface area contributed by atoms with Gasteiger partial charge in [-0.15, -0.1) is 0 Å². The Morgan fingerprint density at radius 1 is 0.788 bits per heavy atom. The van der Waals surface area contributed by atoms with Crippen molar-refractivity contribution in [1.82, 2.24) is 0 Å². The Balaban J connectivity index is 1.50. The lowest BCUT2D eigenvalue weighted by Gasteiger charge is -2.29. The molecule has 3 aromatic carbocycles. The molecule has 0 atom stereocenters. The number of hydrogen-bond acceptors (Lipinski definition) is 0. The molecule has 0 nitrogen and oxygen atoms in total. The van der Waals surface area contributed by atoms with Crippen LogP contribution in [0.5, 0.6) is 0 Å². The van der Waals surface area contributed by atoms with Crippen LogP contribution in [0.4, 0.5) is 17.6 Å². The van der Waals surface area contributed by atoms with Gasteiger partial charge < -0.3 is 0 Å². The summed E-state index contributed by atoms with van der Waals surface area (Å²) in [6, 6.07) is 10.9. The highest BCUT2D eigenvalue weighted by Crippen LogP contribution is 2.38. The molecule has 0 bridgehead atoms. The third-order valence-corrected chi connectivity index (χ3v) is 6.84. The first-order chi connectivity index (χ1) is 16.0. The molecule has 4 rings (SSSR count). The fourth-order valence-electron chi connectivity index (χ4n) is 4.90. The van der Waals surface area contributed by atoms with E-state index in [1.165, 1.54) is 56.9 Å². The van der Waals surface area contributed by atoms with Crippen molar-refractivity contribution >= 4 is 10.8 Å². The molecular formula is C29H28F4. The molecule has 3 aromatic rings. The number of benzene rings is 3. The number of fused-ring (bicyclic) bond motifs is 1. The van der Waals surface area contributed by atoms with Crippen LogP contribution in [-0.4, -0.2) is 0 Å². The van der Waals surface area contributed by atoms with Crippen molar-refractivity contribution in [2.24, 2.45) is 5.92 Å². The minimum atomic E-state index is -1.54. The average molecular weight is 453 g/mol. The van der Waals surface area contributed by atoms with E-state index in [2.05, 4.69) is 24.8 Å². The van der Waals surface area contributed by atoms with E-state index in [0.29, 0.717) is 11.3 Å². The first kappa shape index (κ1) is 23.4. The van der Waals surface area contributed by atoms with Crippen LogP contribution in [0.2, 0.25) is 0 Å². The number of unbranched alkanes of at least 4 members (excludes halogenated alkanes) is 2. The summed E-state index contributed by atoms with van der Waals surface area (Å²) in [5.41, 5.74) is 1.34. The SMILES string of the molecule is CCCCCC1CCC(c2ccc3c(F)c(C#Cc4cc(F)c(F)c(F)c4)ccc3c2)CC1. The molecule has 0 radical (unpaired) electrons. The molecule has 0 unspecified atom stereocenters. The Hall–Kier alpha value is -2.80. The highest BCUT2D eigenvalue weighted by atomic mass is 19.2. The van der Waals surface area contributed by atoms with E-state index in [4.69, 9.17) is 0 Å². The zero-order chi connectivity index (χ0) is 23.4. The van der Waals surface area contributed by atoms with Gasteiger partial charge in [0.2, 0.25) is 0 Å². The monoisotopic (exact) mass is 452 g/mol. The highest BCUT2D eigenvalue weighted by Gasteiger charge is 2.22. The second kappa shape index (κ2) is 10.4. The van der Waals surface area contributed by atoms with E-state index >= 15 is 4.39 Å². The van der Waals surface area contributed by atoms with Gasteiger partial charge in [-0.05, 0) is 66.7 Å². The molecule has 0 N–H and O–H groups in total. The molecule has 0 spiro atoms. The fraction of sp³-hybridized carbons (Fsp3) is 0.379. The first-order valence-corrected chi connectivity index (χ1v) is 11.8. The van der Waals surface area contributed by atoms with Crippen molar-refractivity contribution < 1.29 is 17.6 Å². The molecule has 172 valence electrons. The number of halogens is 4. The zero-order valence-electron chi connectivity index (χ0n) is 18.9. The topological polar surface area (TPSA) is 0 Å². The maximum atomic E-state index is 15.1. The van der Waals surface area contributed by atoms with Gasteiger partial charge >= 0.3 is 0 Å². The average Bonchev–Trinajstić information content (AvgIpc) is 2.82. The van der Waals surface area contributed by atoms with Crippen molar-refractivity contribution in [2.75, 3.05) is 0 Å². The van der Waals surface area contributed by atoms with Gasteiger partial charge in [0.25, 0.3) is 0 Å². The number of rotatable bonds is 5. The standard InChI is InChI=1S/C29H28F4/c1-2-3-4-5-19-6-9-21(10-7-19)23-14-15-25-24(18-23)13-12-22(28(25)32)11-8-20-16-26(30)29(33)27(31)17-20/h12-19,21H,2-7,9-10H2,1H3. The first-order valence-electron chi connectivity index (χ1n) is 11.8. The Morgan fingerprint density at radius 3 is 2.21 bits per heavy atom. The minimum absolute atomic E-state index is 0.0495. The Kier molecular flexibility index (Phi) is 7.38. The summed E-state index contributed by atoms with van der Waals surface area (Å²) in [6.07, 6.45) is 10.1. The summed E-state index contributed by atoms with van der Waals surface area (Å²) in [4.78, 5) is 0. The van der Waals surface area contributed by atoms with Crippen molar-refractivity contribution in [3.05, 3.63) is 82.4 Å². The largest absolute Gasteiger partial charge is 0.205 e. The molecule has 4 heteroatoms. The second-order valence-electron chi connectivity index (χ2n) is 9.12.